The minimum atomic E-state index is -0.909. The lowest BCUT2D eigenvalue weighted by molar-refractivity contribution is -0.384. The van der Waals surface area contributed by atoms with Crippen molar-refractivity contribution < 1.29 is 14.5 Å². The Hall–Kier alpha value is -3.74. The fourth-order valence-corrected chi connectivity index (χ4v) is 2.34. The summed E-state index contributed by atoms with van der Waals surface area (Å²) in [6.07, 6.45) is 0. The van der Waals surface area contributed by atoms with Crippen LogP contribution in [-0.4, -0.2) is 16.7 Å². The maximum absolute atomic E-state index is 12.0. The van der Waals surface area contributed by atoms with Gasteiger partial charge in [-0.05, 0) is 29.0 Å². The maximum atomic E-state index is 12.0. The molecule has 0 fully saturated rings. The third kappa shape index (κ3) is 3.78. The molecule has 0 spiro atoms. The number of nitrogens with one attached hydrogen (secondary N) is 2. The molecule has 0 unspecified atom stereocenters. The van der Waals surface area contributed by atoms with Crippen molar-refractivity contribution >= 4 is 39.6 Å². The summed E-state index contributed by atoms with van der Waals surface area (Å²) in [5.41, 5.74) is 0.485. The van der Waals surface area contributed by atoms with Crippen molar-refractivity contribution in [1.29, 1.82) is 0 Å². The topological polar surface area (TPSA) is 101 Å². The van der Waals surface area contributed by atoms with E-state index in [1.54, 1.807) is 12.1 Å². The van der Waals surface area contributed by atoms with Crippen LogP contribution in [0.2, 0.25) is 0 Å². The van der Waals surface area contributed by atoms with Crippen LogP contribution in [0.15, 0.2) is 66.7 Å². The first-order chi connectivity index (χ1) is 12.0. The molecule has 0 aliphatic heterocycles. The van der Waals surface area contributed by atoms with Crippen LogP contribution in [0.5, 0.6) is 0 Å². The van der Waals surface area contributed by atoms with Gasteiger partial charge in [0.1, 0.15) is 0 Å². The molecular formula is C18H13N3O4. The number of hydrogen-bond donors (Lipinski definition) is 2. The van der Waals surface area contributed by atoms with Gasteiger partial charge in [-0.1, -0.05) is 36.4 Å². The fraction of sp³-hybridized carbons (Fsp3) is 0. The number of benzene rings is 3. The first kappa shape index (κ1) is 16.1. The number of carbonyl (C=O) groups is 2. The van der Waals surface area contributed by atoms with E-state index >= 15 is 0 Å². The summed E-state index contributed by atoms with van der Waals surface area (Å²) >= 11 is 0. The standard InChI is InChI=1S/C18H13N3O4/c22-17(19-14-6-3-7-16(11-14)21(24)25)18(23)20-15-9-8-12-4-1-2-5-13(12)10-15/h1-11H,(H,19,22)(H,20,23). The number of nitro groups is 1. The molecule has 0 aromatic heterocycles. The molecule has 0 aliphatic carbocycles. The number of hydrogen-bond acceptors (Lipinski definition) is 4. The number of anilines is 2. The van der Waals surface area contributed by atoms with Gasteiger partial charge in [0.25, 0.3) is 5.69 Å². The predicted octanol–water partition coefficient (Wildman–Crippen LogP) is 3.33. The summed E-state index contributed by atoms with van der Waals surface area (Å²) in [6.45, 7) is 0. The molecule has 3 aromatic rings. The molecule has 0 atom stereocenters. The molecule has 2 amide bonds. The molecule has 7 heteroatoms. The fourth-order valence-electron chi connectivity index (χ4n) is 2.34. The van der Waals surface area contributed by atoms with E-state index in [4.69, 9.17) is 0 Å². The minimum absolute atomic E-state index is 0.173. The van der Waals surface area contributed by atoms with Gasteiger partial charge in [0.05, 0.1) is 4.92 Å². The Bertz CT molecular complexity index is 985. The zero-order valence-corrected chi connectivity index (χ0v) is 12.9. The Morgan fingerprint density at radius 2 is 1.40 bits per heavy atom. The molecule has 3 rings (SSSR count). The molecule has 0 heterocycles. The van der Waals surface area contributed by atoms with Gasteiger partial charge in [0, 0.05) is 23.5 Å². The number of fused-ring (bicyclic) bond motifs is 1. The average Bonchev–Trinajstić information content (AvgIpc) is 2.61. The van der Waals surface area contributed by atoms with E-state index in [-0.39, 0.29) is 11.4 Å². The normalized spacial score (nSPS) is 10.2. The zero-order chi connectivity index (χ0) is 17.8. The molecule has 124 valence electrons. The Morgan fingerprint density at radius 1 is 0.760 bits per heavy atom. The molecular weight excluding hydrogens is 322 g/mol. The van der Waals surface area contributed by atoms with E-state index < -0.39 is 16.7 Å². The van der Waals surface area contributed by atoms with Gasteiger partial charge in [0.2, 0.25) is 0 Å². The van der Waals surface area contributed by atoms with Crippen molar-refractivity contribution in [3.05, 3.63) is 76.8 Å². The lowest BCUT2D eigenvalue weighted by Gasteiger charge is -2.07. The lowest BCUT2D eigenvalue weighted by atomic mass is 10.1. The molecule has 0 saturated carbocycles. The van der Waals surface area contributed by atoms with E-state index in [9.17, 15) is 19.7 Å². The minimum Gasteiger partial charge on any atom is -0.318 e. The number of carbonyl (C=O) groups excluding carboxylic acids is 2. The van der Waals surface area contributed by atoms with Gasteiger partial charge >= 0.3 is 11.8 Å². The quantitative estimate of drug-likeness (QED) is 0.435. The predicted molar refractivity (Wildman–Crippen MR) is 94.3 cm³/mol. The van der Waals surface area contributed by atoms with Gasteiger partial charge in [-0.25, -0.2) is 0 Å². The van der Waals surface area contributed by atoms with E-state index in [1.807, 2.05) is 30.3 Å². The smallest absolute Gasteiger partial charge is 0.314 e. The summed E-state index contributed by atoms with van der Waals surface area (Å²) in [6, 6.07) is 18.3. The van der Waals surface area contributed by atoms with Gasteiger partial charge in [-0.15, -0.1) is 0 Å². The monoisotopic (exact) mass is 335 g/mol. The zero-order valence-electron chi connectivity index (χ0n) is 12.9. The van der Waals surface area contributed by atoms with Crippen molar-refractivity contribution in [3.8, 4) is 0 Å². The molecule has 7 nitrogen and oxygen atoms in total. The van der Waals surface area contributed by atoms with Crippen molar-refractivity contribution in [3.63, 3.8) is 0 Å². The second-order valence-electron chi connectivity index (χ2n) is 5.28. The highest BCUT2D eigenvalue weighted by molar-refractivity contribution is 6.43. The van der Waals surface area contributed by atoms with Gasteiger partial charge in [0.15, 0.2) is 0 Å². The van der Waals surface area contributed by atoms with E-state index in [0.717, 1.165) is 10.8 Å². The highest BCUT2D eigenvalue weighted by Crippen LogP contribution is 2.19. The van der Waals surface area contributed by atoms with Crippen LogP contribution in [0.1, 0.15) is 0 Å². The molecule has 25 heavy (non-hydrogen) atoms. The third-order valence-corrected chi connectivity index (χ3v) is 3.53. The summed E-state index contributed by atoms with van der Waals surface area (Å²) < 4.78 is 0. The van der Waals surface area contributed by atoms with Crippen LogP contribution < -0.4 is 10.6 Å². The SMILES string of the molecule is O=C(Nc1cccc([N+](=O)[O-])c1)C(=O)Nc1ccc2ccccc2c1. The first-order valence-electron chi connectivity index (χ1n) is 7.38. The summed E-state index contributed by atoms with van der Waals surface area (Å²) in [4.78, 5) is 34.1. The summed E-state index contributed by atoms with van der Waals surface area (Å²) in [5.74, 6) is -1.77. The number of nitrogens with zero attached hydrogens (tertiary/aromatic N) is 1. The third-order valence-electron chi connectivity index (χ3n) is 3.53. The van der Waals surface area contributed by atoms with Crippen molar-refractivity contribution in [1.82, 2.24) is 0 Å². The van der Waals surface area contributed by atoms with Gasteiger partial charge < -0.3 is 10.6 Å². The molecule has 3 aromatic carbocycles. The van der Waals surface area contributed by atoms with Crippen LogP contribution in [0.25, 0.3) is 10.8 Å². The Balaban J connectivity index is 1.70. The summed E-state index contributed by atoms with van der Waals surface area (Å²) in [7, 11) is 0. The van der Waals surface area contributed by atoms with Crippen LogP contribution >= 0.6 is 0 Å². The Kier molecular flexibility index (Phi) is 4.38. The van der Waals surface area contributed by atoms with Gasteiger partial charge in [-0.3, -0.25) is 19.7 Å². The average molecular weight is 335 g/mol. The van der Waals surface area contributed by atoms with Crippen molar-refractivity contribution in [2.75, 3.05) is 10.6 Å². The largest absolute Gasteiger partial charge is 0.318 e. The molecule has 0 radical (unpaired) electrons. The number of non-ortho nitro benzene ring substituents is 1. The van der Waals surface area contributed by atoms with E-state index in [2.05, 4.69) is 10.6 Å². The van der Waals surface area contributed by atoms with Gasteiger partial charge in [-0.2, -0.15) is 0 Å². The number of nitro benzene ring substituents is 1. The lowest BCUT2D eigenvalue weighted by Crippen LogP contribution is -2.29. The summed E-state index contributed by atoms with van der Waals surface area (Å²) in [5, 5.41) is 17.5. The highest BCUT2D eigenvalue weighted by atomic mass is 16.6. The molecule has 2 N–H and O–H groups in total. The van der Waals surface area contributed by atoms with Crippen molar-refractivity contribution in [2.24, 2.45) is 0 Å². The van der Waals surface area contributed by atoms with Crippen LogP contribution in [0.3, 0.4) is 0 Å². The van der Waals surface area contributed by atoms with Crippen LogP contribution in [0.4, 0.5) is 17.1 Å². The Morgan fingerprint density at radius 3 is 2.08 bits per heavy atom. The van der Waals surface area contributed by atoms with E-state index in [0.29, 0.717) is 5.69 Å². The molecule has 0 bridgehead atoms. The van der Waals surface area contributed by atoms with E-state index in [1.165, 1.54) is 24.3 Å². The highest BCUT2D eigenvalue weighted by Gasteiger charge is 2.15. The molecule has 0 aliphatic rings. The number of rotatable bonds is 3. The first-order valence-corrected chi connectivity index (χ1v) is 7.38. The molecule has 0 saturated heterocycles. The van der Waals surface area contributed by atoms with Crippen LogP contribution in [-0.2, 0) is 9.59 Å². The Labute approximate surface area is 142 Å². The second-order valence-corrected chi connectivity index (χ2v) is 5.28. The maximum Gasteiger partial charge on any atom is 0.314 e. The van der Waals surface area contributed by atoms with Crippen molar-refractivity contribution in [2.45, 2.75) is 0 Å². The van der Waals surface area contributed by atoms with Crippen LogP contribution in [0, 0.1) is 10.1 Å². The number of amides is 2. The second kappa shape index (κ2) is 6.79.